The maximum Gasteiger partial charge on any atom is 0.264 e. The van der Waals surface area contributed by atoms with Gasteiger partial charge in [0.05, 0.1) is 17.9 Å². The average Bonchev–Trinajstić information content (AvgIpc) is 3.37. The van der Waals surface area contributed by atoms with Crippen LogP contribution in [-0.4, -0.2) is 43.9 Å². The molecule has 7 heteroatoms. The first kappa shape index (κ1) is 20.7. The number of carbonyl (C=O) groups is 1. The van der Waals surface area contributed by atoms with Crippen molar-refractivity contribution < 1.29 is 14.3 Å². The van der Waals surface area contributed by atoms with Crippen molar-refractivity contribution in [1.29, 1.82) is 0 Å². The Kier molecular flexibility index (Phi) is 5.36. The highest BCUT2D eigenvalue weighted by Gasteiger charge is 2.44. The summed E-state index contributed by atoms with van der Waals surface area (Å²) in [4.78, 5) is 16.3. The van der Waals surface area contributed by atoms with Gasteiger partial charge in [0.2, 0.25) is 0 Å². The Morgan fingerprint density at radius 2 is 2.10 bits per heavy atom. The van der Waals surface area contributed by atoms with Crippen molar-refractivity contribution in [1.82, 2.24) is 4.90 Å². The lowest BCUT2D eigenvalue weighted by Gasteiger charge is -2.38. The molecular formula is C24H26N2O3S2. The maximum atomic E-state index is 13.5. The van der Waals surface area contributed by atoms with Gasteiger partial charge in [0, 0.05) is 41.4 Å². The van der Waals surface area contributed by atoms with Gasteiger partial charge in [0.25, 0.3) is 5.91 Å². The molecule has 5 rings (SSSR count). The Balaban J connectivity index is 1.41. The fraction of sp³-hybridized carbons (Fsp3) is 0.375. The molecule has 2 aromatic carbocycles. The molecule has 0 aliphatic carbocycles. The summed E-state index contributed by atoms with van der Waals surface area (Å²) in [6, 6.07) is 12.2. The molecule has 1 fully saturated rings. The van der Waals surface area contributed by atoms with Gasteiger partial charge in [-0.1, -0.05) is 24.3 Å². The van der Waals surface area contributed by atoms with Crippen molar-refractivity contribution in [3.8, 4) is 11.5 Å². The topological polar surface area (TPSA) is 64.8 Å². The molecule has 2 aliphatic rings. The molecule has 0 bridgehead atoms. The van der Waals surface area contributed by atoms with E-state index in [1.165, 1.54) is 5.56 Å². The number of methoxy groups -OCH3 is 1. The van der Waals surface area contributed by atoms with Crippen LogP contribution in [0.5, 0.6) is 11.5 Å². The minimum atomic E-state index is -0.0114. The molecule has 2 aliphatic heterocycles. The standard InChI is InChI=1S/C24H26N2O3S2/c1-28-19-5-3-4-16-20(19)23(30-2)31-21(16)22(27)26-10-8-24(9-11-26)14-29-18-7-6-15(13-25)12-17(18)24/h3-7,12H,8-11,13-14,25H2,1-2H3. The van der Waals surface area contributed by atoms with E-state index in [2.05, 4.69) is 6.07 Å². The van der Waals surface area contributed by atoms with Crippen molar-refractivity contribution in [2.75, 3.05) is 33.1 Å². The number of benzene rings is 2. The van der Waals surface area contributed by atoms with Gasteiger partial charge in [-0.05, 0) is 36.8 Å². The molecule has 0 radical (unpaired) electrons. The van der Waals surface area contributed by atoms with E-state index >= 15 is 0 Å². The SMILES string of the molecule is COc1cccc2c(C(=O)N3CCC4(CC3)COc3ccc(CN)cc34)sc(SC)c12. The van der Waals surface area contributed by atoms with Crippen LogP contribution in [0, 0.1) is 0 Å². The Morgan fingerprint density at radius 1 is 1.29 bits per heavy atom. The first-order chi connectivity index (χ1) is 15.1. The van der Waals surface area contributed by atoms with Crippen LogP contribution < -0.4 is 15.2 Å². The third-order valence-corrected chi connectivity index (χ3v) is 8.95. The van der Waals surface area contributed by atoms with Gasteiger partial charge in [-0.2, -0.15) is 0 Å². The summed E-state index contributed by atoms with van der Waals surface area (Å²) in [6.45, 7) is 2.67. The van der Waals surface area contributed by atoms with Gasteiger partial charge in [-0.15, -0.1) is 23.1 Å². The molecule has 3 aromatic rings. The zero-order valence-corrected chi connectivity index (χ0v) is 19.4. The number of likely N-dealkylation sites (tertiary alicyclic amines) is 1. The summed E-state index contributed by atoms with van der Waals surface area (Å²) in [6.07, 6.45) is 3.85. The Bertz CT molecular complexity index is 1150. The van der Waals surface area contributed by atoms with E-state index in [1.807, 2.05) is 41.5 Å². The van der Waals surface area contributed by atoms with Crippen LogP contribution in [0.3, 0.4) is 0 Å². The molecule has 0 saturated carbocycles. The monoisotopic (exact) mass is 454 g/mol. The number of piperidine rings is 1. The molecular weight excluding hydrogens is 428 g/mol. The number of rotatable bonds is 4. The van der Waals surface area contributed by atoms with E-state index < -0.39 is 0 Å². The molecule has 1 amide bonds. The van der Waals surface area contributed by atoms with E-state index in [1.54, 1.807) is 30.2 Å². The van der Waals surface area contributed by atoms with Gasteiger partial charge in [0.15, 0.2) is 0 Å². The second-order valence-electron chi connectivity index (χ2n) is 8.20. The molecule has 0 unspecified atom stereocenters. The van der Waals surface area contributed by atoms with E-state index in [9.17, 15) is 4.79 Å². The summed E-state index contributed by atoms with van der Waals surface area (Å²) >= 11 is 3.24. The second-order valence-corrected chi connectivity index (χ2v) is 10.3. The van der Waals surface area contributed by atoms with Crippen molar-refractivity contribution >= 4 is 39.8 Å². The average molecular weight is 455 g/mol. The van der Waals surface area contributed by atoms with Gasteiger partial charge < -0.3 is 20.1 Å². The second kappa shape index (κ2) is 8.04. The fourth-order valence-corrected chi connectivity index (χ4v) is 6.83. The highest BCUT2D eigenvalue weighted by atomic mass is 32.2. The number of nitrogens with zero attached hydrogens (tertiary/aromatic N) is 1. The predicted octanol–water partition coefficient (Wildman–Crippen LogP) is 4.66. The Morgan fingerprint density at radius 3 is 2.81 bits per heavy atom. The zero-order valence-electron chi connectivity index (χ0n) is 17.8. The minimum absolute atomic E-state index is 0.0114. The number of hydrogen-bond acceptors (Lipinski definition) is 6. The van der Waals surface area contributed by atoms with Crippen LogP contribution in [-0.2, 0) is 12.0 Å². The first-order valence-electron chi connectivity index (χ1n) is 10.5. The van der Waals surface area contributed by atoms with E-state index in [0.717, 1.165) is 62.9 Å². The van der Waals surface area contributed by atoms with Crippen LogP contribution in [0.15, 0.2) is 40.6 Å². The lowest BCUT2D eigenvalue weighted by Crippen LogP contribution is -2.45. The lowest BCUT2D eigenvalue weighted by atomic mass is 9.74. The van der Waals surface area contributed by atoms with E-state index in [0.29, 0.717) is 13.2 Å². The van der Waals surface area contributed by atoms with Crippen molar-refractivity contribution in [3.63, 3.8) is 0 Å². The number of ether oxygens (including phenoxy) is 2. The maximum absolute atomic E-state index is 13.5. The number of nitrogens with two attached hydrogens (primary N) is 1. The van der Waals surface area contributed by atoms with Crippen LogP contribution in [0.2, 0.25) is 0 Å². The number of thioether (sulfide) groups is 1. The van der Waals surface area contributed by atoms with Crippen LogP contribution in [0.1, 0.15) is 33.6 Å². The smallest absolute Gasteiger partial charge is 0.264 e. The summed E-state index contributed by atoms with van der Waals surface area (Å²) in [5.74, 6) is 1.91. The molecule has 1 saturated heterocycles. The predicted molar refractivity (Wildman–Crippen MR) is 127 cm³/mol. The number of carbonyl (C=O) groups excluding carboxylic acids is 1. The van der Waals surface area contributed by atoms with Crippen molar-refractivity contribution in [2.24, 2.45) is 5.73 Å². The molecule has 5 nitrogen and oxygen atoms in total. The molecule has 2 N–H and O–H groups in total. The third-order valence-electron chi connectivity index (χ3n) is 6.63. The molecule has 1 spiro atoms. The number of fused-ring (bicyclic) bond motifs is 3. The molecule has 31 heavy (non-hydrogen) atoms. The fourth-order valence-electron chi connectivity index (χ4n) is 4.84. The lowest BCUT2D eigenvalue weighted by molar-refractivity contribution is 0.0653. The van der Waals surface area contributed by atoms with Crippen molar-refractivity contribution in [2.45, 2.75) is 29.0 Å². The summed E-state index contributed by atoms with van der Waals surface area (Å²) in [7, 11) is 1.68. The first-order valence-corrected chi connectivity index (χ1v) is 12.5. The quantitative estimate of drug-likeness (QED) is 0.581. The van der Waals surface area contributed by atoms with Gasteiger partial charge in [0.1, 0.15) is 16.4 Å². The Labute approximate surface area is 190 Å². The van der Waals surface area contributed by atoms with Crippen molar-refractivity contribution in [3.05, 3.63) is 52.4 Å². The van der Waals surface area contributed by atoms with Gasteiger partial charge in [-0.3, -0.25) is 4.79 Å². The normalized spacial score (nSPS) is 17.1. The van der Waals surface area contributed by atoms with E-state index in [-0.39, 0.29) is 11.3 Å². The molecule has 3 heterocycles. The largest absolute Gasteiger partial charge is 0.496 e. The number of amides is 1. The van der Waals surface area contributed by atoms with Crippen LogP contribution in [0.4, 0.5) is 0 Å². The third kappa shape index (κ3) is 3.30. The minimum Gasteiger partial charge on any atom is -0.496 e. The summed E-state index contributed by atoms with van der Waals surface area (Å²) in [5.41, 5.74) is 8.25. The van der Waals surface area contributed by atoms with Gasteiger partial charge >= 0.3 is 0 Å². The molecule has 1 aromatic heterocycles. The summed E-state index contributed by atoms with van der Waals surface area (Å²) < 4.78 is 12.7. The zero-order chi connectivity index (χ0) is 21.6. The summed E-state index contributed by atoms with van der Waals surface area (Å²) in [5, 5.41) is 2.04. The van der Waals surface area contributed by atoms with Gasteiger partial charge in [-0.25, -0.2) is 0 Å². The Hall–Kier alpha value is -2.22. The number of thiophene rings is 1. The van der Waals surface area contributed by atoms with Crippen LogP contribution in [0.25, 0.3) is 10.8 Å². The molecule has 162 valence electrons. The highest BCUT2D eigenvalue weighted by molar-refractivity contribution is 8.00. The number of hydrogen-bond donors (Lipinski definition) is 1. The molecule has 0 atom stereocenters. The highest BCUT2D eigenvalue weighted by Crippen LogP contribution is 2.47. The van der Waals surface area contributed by atoms with Crippen LogP contribution >= 0.6 is 23.1 Å². The van der Waals surface area contributed by atoms with E-state index in [4.69, 9.17) is 15.2 Å².